The third kappa shape index (κ3) is 4.25. The smallest absolute Gasteiger partial charge is 0.310 e. The molecule has 1 aromatic carbocycles. The molecule has 1 N–H and O–H groups in total. The van der Waals surface area contributed by atoms with Crippen molar-refractivity contribution in [2.75, 3.05) is 5.32 Å². The maximum absolute atomic E-state index is 12.7. The minimum atomic E-state index is -0.408. The van der Waals surface area contributed by atoms with Crippen LogP contribution < -0.4 is 5.32 Å². The second kappa shape index (κ2) is 8.13. The van der Waals surface area contributed by atoms with Gasteiger partial charge in [-0.1, -0.05) is 31.2 Å². The number of carbonyl (C=O) groups is 2. The quantitative estimate of drug-likeness (QED) is 0.652. The number of ether oxygens (including phenoxy) is 1. The summed E-state index contributed by atoms with van der Waals surface area (Å²) in [5.74, 6) is -1.17. The molecular weight excluding hydrogens is 302 g/mol. The number of allylic oxidation sites excluding steroid dienone is 2. The second-order valence-electron chi connectivity index (χ2n) is 6.55. The van der Waals surface area contributed by atoms with E-state index in [1.54, 1.807) is 0 Å². The number of anilines is 1. The molecule has 3 atom stereocenters. The lowest BCUT2D eigenvalue weighted by molar-refractivity contribution is -0.157. The van der Waals surface area contributed by atoms with Crippen LogP contribution in [0.15, 0.2) is 30.4 Å². The first-order valence-corrected chi connectivity index (χ1v) is 8.66. The van der Waals surface area contributed by atoms with E-state index in [4.69, 9.17) is 4.74 Å². The first-order valence-electron chi connectivity index (χ1n) is 8.66. The van der Waals surface area contributed by atoms with Crippen LogP contribution in [0.1, 0.15) is 44.2 Å². The van der Waals surface area contributed by atoms with Gasteiger partial charge in [-0.2, -0.15) is 0 Å². The lowest BCUT2D eigenvalue weighted by Gasteiger charge is -2.27. The predicted octanol–water partition coefficient (Wildman–Crippen LogP) is 4.17. The van der Waals surface area contributed by atoms with Crippen LogP contribution in [-0.2, 0) is 14.3 Å². The topological polar surface area (TPSA) is 55.4 Å². The molecule has 0 unspecified atom stereocenters. The molecule has 0 aliphatic heterocycles. The third-order valence-electron chi connectivity index (χ3n) is 4.83. The molecule has 0 heterocycles. The molecule has 4 nitrogen and oxygen atoms in total. The Morgan fingerprint density at radius 3 is 2.54 bits per heavy atom. The van der Waals surface area contributed by atoms with Gasteiger partial charge in [0.15, 0.2) is 0 Å². The SMILES string of the molecule is CC[C@@H](C)OC(=O)[C@@H]1CC=CC[C@@H]1C(=O)Nc1cccc(C)c1C. The van der Waals surface area contributed by atoms with E-state index in [9.17, 15) is 9.59 Å². The number of benzene rings is 1. The second-order valence-corrected chi connectivity index (χ2v) is 6.55. The van der Waals surface area contributed by atoms with Crippen LogP contribution in [0.4, 0.5) is 5.69 Å². The first-order chi connectivity index (χ1) is 11.4. The van der Waals surface area contributed by atoms with Gasteiger partial charge in [-0.25, -0.2) is 0 Å². The van der Waals surface area contributed by atoms with E-state index in [1.165, 1.54) is 0 Å². The molecule has 0 aromatic heterocycles. The van der Waals surface area contributed by atoms with Crippen molar-refractivity contribution in [3.8, 4) is 0 Å². The predicted molar refractivity (Wildman–Crippen MR) is 95.7 cm³/mol. The molecule has 0 saturated heterocycles. The number of carbonyl (C=O) groups excluding carboxylic acids is 2. The average Bonchev–Trinajstić information content (AvgIpc) is 2.58. The largest absolute Gasteiger partial charge is 0.462 e. The summed E-state index contributed by atoms with van der Waals surface area (Å²) in [6, 6.07) is 5.83. The average molecular weight is 329 g/mol. The number of hydrogen-bond donors (Lipinski definition) is 1. The van der Waals surface area contributed by atoms with Crippen LogP contribution in [0.5, 0.6) is 0 Å². The minimum absolute atomic E-state index is 0.112. The van der Waals surface area contributed by atoms with Gasteiger partial charge in [-0.15, -0.1) is 0 Å². The molecular formula is C20H27NO3. The summed E-state index contributed by atoms with van der Waals surface area (Å²) in [5.41, 5.74) is 2.99. The van der Waals surface area contributed by atoms with E-state index in [0.29, 0.717) is 12.8 Å². The molecule has 1 aromatic rings. The van der Waals surface area contributed by atoms with Gasteiger partial charge in [0.1, 0.15) is 0 Å². The molecule has 0 fully saturated rings. The Bertz CT molecular complexity index is 636. The molecule has 2 rings (SSSR count). The van der Waals surface area contributed by atoms with Gasteiger partial charge >= 0.3 is 5.97 Å². The molecule has 24 heavy (non-hydrogen) atoms. The molecule has 1 aliphatic carbocycles. The van der Waals surface area contributed by atoms with Gasteiger partial charge in [0.25, 0.3) is 0 Å². The van der Waals surface area contributed by atoms with Crippen molar-refractivity contribution in [3.63, 3.8) is 0 Å². The summed E-state index contributed by atoms with van der Waals surface area (Å²) in [5, 5.41) is 2.99. The fourth-order valence-corrected chi connectivity index (χ4v) is 2.85. The Hall–Kier alpha value is -2.10. The zero-order valence-electron chi connectivity index (χ0n) is 15.0. The number of nitrogens with one attached hydrogen (secondary N) is 1. The summed E-state index contributed by atoms with van der Waals surface area (Å²) in [4.78, 5) is 25.2. The highest BCUT2D eigenvalue weighted by Gasteiger charge is 2.35. The van der Waals surface area contributed by atoms with Crippen molar-refractivity contribution >= 4 is 17.6 Å². The fraction of sp³-hybridized carbons (Fsp3) is 0.500. The highest BCUT2D eigenvalue weighted by Crippen LogP contribution is 2.29. The number of hydrogen-bond acceptors (Lipinski definition) is 3. The van der Waals surface area contributed by atoms with Crippen molar-refractivity contribution in [2.45, 2.75) is 53.1 Å². The van der Waals surface area contributed by atoms with Gasteiger partial charge in [0.05, 0.1) is 17.9 Å². The maximum atomic E-state index is 12.7. The normalized spacial score (nSPS) is 21.2. The summed E-state index contributed by atoms with van der Waals surface area (Å²) in [7, 11) is 0. The van der Waals surface area contributed by atoms with Gasteiger partial charge < -0.3 is 10.1 Å². The van der Waals surface area contributed by atoms with Crippen LogP contribution >= 0.6 is 0 Å². The Kier molecular flexibility index (Phi) is 6.18. The Morgan fingerprint density at radius 2 is 1.88 bits per heavy atom. The van der Waals surface area contributed by atoms with Crippen LogP contribution in [0.3, 0.4) is 0 Å². The summed E-state index contributed by atoms with van der Waals surface area (Å²) >= 11 is 0. The molecule has 130 valence electrons. The van der Waals surface area contributed by atoms with Crippen molar-refractivity contribution in [3.05, 3.63) is 41.5 Å². The van der Waals surface area contributed by atoms with Gasteiger partial charge in [-0.05, 0) is 57.2 Å². The van der Waals surface area contributed by atoms with Crippen LogP contribution in [0, 0.1) is 25.7 Å². The van der Waals surface area contributed by atoms with E-state index < -0.39 is 5.92 Å². The fourth-order valence-electron chi connectivity index (χ4n) is 2.85. The van der Waals surface area contributed by atoms with E-state index in [1.807, 2.05) is 58.0 Å². The minimum Gasteiger partial charge on any atom is -0.462 e. The molecule has 0 saturated carbocycles. The maximum Gasteiger partial charge on any atom is 0.310 e. The summed E-state index contributed by atoms with van der Waals surface area (Å²) in [6.07, 6.45) is 5.71. The molecule has 0 spiro atoms. The molecule has 0 bridgehead atoms. The van der Waals surface area contributed by atoms with Crippen molar-refractivity contribution < 1.29 is 14.3 Å². The number of esters is 1. The third-order valence-corrected chi connectivity index (χ3v) is 4.83. The standard InChI is InChI=1S/C20H27NO3/c1-5-14(3)24-20(23)17-11-7-6-10-16(17)19(22)21-18-12-8-9-13(2)15(18)4/h6-9,12,14,16-17H,5,10-11H2,1-4H3,(H,21,22)/t14-,16+,17-/m1/s1. The van der Waals surface area contributed by atoms with Gasteiger partial charge in [0.2, 0.25) is 5.91 Å². The monoisotopic (exact) mass is 329 g/mol. The highest BCUT2D eigenvalue weighted by atomic mass is 16.5. The van der Waals surface area contributed by atoms with Crippen molar-refractivity contribution in [1.29, 1.82) is 0 Å². The van der Waals surface area contributed by atoms with Crippen molar-refractivity contribution in [2.24, 2.45) is 11.8 Å². The Labute approximate surface area is 144 Å². The van der Waals surface area contributed by atoms with Crippen molar-refractivity contribution in [1.82, 2.24) is 0 Å². The zero-order valence-corrected chi connectivity index (χ0v) is 15.0. The molecule has 1 aliphatic rings. The van der Waals surface area contributed by atoms with E-state index in [2.05, 4.69) is 5.32 Å². The molecule has 1 amide bonds. The number of rotatable bonds is 5. The van der Waals surface area contributed by atoms with Crippen LogP contribution in [0.25, 0.3) is 0 Å². The summed E-state index contributed by atoms with van der Waals surface area (Å²) < 4.78 is 5.46. The van der Waals surface area contributed by atoms with E-state index in [-0.39, 0.29) is 23.9 Å². The lowest BCUT2D eigenvalue weighted by atomic mass is 9.82. The Morgan fingerprint density at radius 1 is 1.21 bits per heavy atom. The highest BCUT2D eigenvalue weighted by molar-refractivity contribution is 5.96. The number of aryl methyl sites for hydroxylation is 1. The van der Waals surface area contributed by atoms with Gasteiger partial charge in [0, 0.05) is 5.69 Å². The molecule has 0 radical (unpaired) electrons. The van der Waals surface area contributed by atoms with E-state index >= 15 is 0 Å². The lowest BCUT2D eigenvalue weighted by Crippen LogP contribution is -2.36. The first kappa shape index (κ1) is 18.2. The van der Waals surface area contributed by atoms with Gasteiger partial charge in [-0.3, -0.25) is 9.59 Å². The Balaban J connectivity index is 2.12. The van der Waals surface area contributed by atoms with Crippen LogP contribution in [-0.4, -0.2) is 18.0 Å². The van der Waals surface area contributed by atoms with E-state index in [0.717, 1.165) is 23.2 Å². The summed E-state index contributed by atoms with van der Waals surface area (Å²) in [6.45, 7) is 7.85. The molecule has 4 heteroatoms. The van der Waals surface area contributed by atoms with Crippen LogP contribution in [0.2, 0.25) is 0 Å². The zero-order chi connectivity index (χ0) is 17.7. The number of amides is 1.